The first-order chi connectivity index (χ1) is 14.8. The summed E-state index contributed by atoms with van der Waals surface area (Å²) in [7, 11) is 3.10. The van der Waals surface area contributed by atoms with E-state index >= 15 is 0 Å². The number of para-hydroxylation sites is 1. The van der Waals surface area contributed by atoms with Crippen molar-refractivity contribution in [1.82, 2.24) is 14.9 Å². The number of halogens is 1. The molecule has 1 heterocycles. The van der Waals surface area contributed by atoms with Crippen LogP contribution in [0.2, 0.25) is 5.02 Å². The first kappa shape index (κ1) is 23.1. The molecule has 0 radical (unpaired) electrons. The molecule has 9 heteroatoms. The third kappa shape index (κ3) is 5.20. The number of carbonyl (C=O) groups is 1. The summed E-state index contributed by atoms with van der Waals surface area (Å²) in [6, 6.07) is 10.4. The van der Waals surface area contributed by atoms with E-state index in [9.17, 15) is 9.59 Å². The highest BCUT2D eigenvalue weighted by atomic mass is 35.5. The molecule has 7 nitrogen and oxygen atoms in total. The van der Waals surface area contributed by atoms with Crippen molar-refractivity contribution in [2.75, 3.05) is 26.6 Å². The van der Waals surface area contributed by atoms with Gasteiger partial charge in [0.25, 0.3) is 5.56 Å². The molecule has 1 unspecified atom stereocenters. The Labute approximate surface area is 189 Å². The monoisotopic (exact) mass is 461 g/mol. The number of hydrogen-bond acceptors (Lipinski definition) is 6. The van der Waals surface area contributed by atoms with Crippen molar-refractivity contribution in [1.29, 1.82) is 0 Å². The van der Waals surface area contributed by atoms with Crippen LogP contribution in [0.3, 0.4) is 0 Å². The quantitative estimate of drug-likeness (QED) is 0.407. The number of hydrogen-bond donors (Lipinski definition) is 1. The van der Waals surface area contributed by atoms with Gasteiger partial charge in [-0.2, -0.15) is 0 Å². The maximum Gasteiger partial charge on any atom is 0.266 e. The van der Waals surface area contributed by atoms with Crippen LogP contribution >= 0.6 is 23.4 Å². The number of thioether (sulfide) groups is 1. The van der Waals surface area contributed by atoms with Crippen molar-refractivity contribution in [3.05, 3.63) is 57.3 Å². The van der Waals surface area contributed by atoms with E-state index in [1.54, 1.807) is 37.4 Å². The summed E-state index contributed by atoms with van der Waals surface area (Å²) in [5.74, 6) is 0.353. The van der Waals surface area contributed by atoms with Crippen LogP contribution in [0.5, 0.6) is 5.75 Å². The van der Waals surface area contributed by atoms with Gasteiger partial charge >= 0.3 is 0 Å². The second kappa shape index (κ2) is 10.2. The smallest absolute Gasteiger partial charge is 0.266 e. The van der Waals surface area contributed by atoms with E-state index in [-0.39, 0.29) is 23.3 Å². The Morgan fingerprint density at radius 3 is 2.74 bits per heavy atom. The van der Waals surface area contributed by atoms with Gasteiger partial charge in [0.15, 0.2) is 5.16 Å². The zero-order valence-corrected chi connectivity index (χ0v) is 19.3. The number of carbonyl (C=O) groups excluding carboxylic acids is 1. The highest BCUT2D eigenvalue weighted by molar-refractivity contribution is 7.99. The lowest BCUT2D eigenvalue weighted by molar-refractivity contribution is -0.119. The number of fused-ring (bicyclic) bond motifs is 1. The van der Waals surface area contributed by atoms with E-state index < -0.39 is 0 Å². The molecule has 0 aliphatic carbocycles. The third-order valence-corrected chi connectivity index (χ3v) is 5.95. The van der Waals surface area contributed by atoms with Crippen LogP contribution in [0, 0.1) is 6.92 Å². The second-order valence-electron chi connectivity index (χ2n) is 7.04. The van der Waals surface area contributed by atoms with Crippen LogP contribution in [0.4, 0.5) is 0 Å². The van der Waals surface area contributed by atoms with Gasteiger partial charge in [-0.15, -0.1) is 0 Å². The average Bonchev–Trinajstić information content (AvgIpc) is 2.74. The number of amides is 1. The molecule has 0 aliphatic heterocycles. The highest BCUT2D eigenvalue weighted by Gasteiger charge is 2.19. The van der Waals surface area contributed by atoms with Crippen molar-refractivity contribution in [2.24, 2.45) is 0 Å². The molecule has 0 saturated carbocycles. The predicted molar refractivity (Wildman–Crippen MR) is 124 cm³/mol. The molecule has 3 rings (SSSR count). The first-order valence-electron chi connectivity index (χ1n) is 9.63. The Hall–Kier alpha value is -2.55. The van der Waals surface area contributed by atoms with Crippen LogP contribution in [-0.2, 0) is 9.53 Å². The Morgan fingerprint density at radius 1 is 1.29 bits per heavy atom. The minimum absolute atomic E-state index is 0.0910. The van der Waals surface area contributed by atoms with Crippen molar-refractivity contribution in [2.45, 2.75) is 25.0 Å². The van der Waals surface area contributed by atoms with E-state index in [1.165, 1.54) is 23.4 Å². The van der Waals surface area contributed by atoms with E-state index in [1.807, 2.05) is 19.9 Å². The lowest BCUT2D eigenvalue weighted by atomic mass is 10.2. The number of aryl methyl sites for hydroxylation is 1. The zero-order valence-electron chi connectivity index (χ0n) is 17.8. The fraction of sp³-hybridized carbons (Fsp3) is 0.318. The summed E-state index contributed by atoms with van der Waals surface area (Å²) in [5.41, 5.74) is 1.62. The molecule has 1 amide bonds. The highest BCUT2D eigenvalue weighted by Crippen LogP contribution is 2.31. The minimum atomic E-state index is -0.249. The Bertz CT molecular complexity index is 1170. The number of nitrogens with zero attached hydrogens (tertiary/aromatic N) is 2. The standard InChI is InChI=1S/C22H24ClN3O4S/c1-13-9-18(19(30-4)10-16(13)23)26-21(28)15-7-5-6-8-17(15)25-22(26)31-12-20(27)24-14(2)11-29-3/h5-10,14H,11-12H2,1-4H3,(H,24,27). The molecule has 1 aromatic heterocycles. The maximum atomic E-state index is 13.4. The molecule has 1 N–H and O–H groups in total. The number of ether oxygens (including phenoxy) is 2. The molecule has 0 spiro atoms. The van der Waals surface area contributed by atoms with Gasteiger partial charge in [0.05, 0.1) is 36.1 Å². The van der Waals surface area contributed by atoms with Gasteiger partial charge in [0, 0.05) is 24.2 Å². The van der Waals surface area contributed by atoms with Crippen molar-refractivity contribution >= 4 is 40.2 Å². The molecular formula is C22H24ClN3O4S. The fourth-order valence-electron chi connectivity index (χ4n) is 3.15. The molecule has 0 saturated heterocycles. The van der Waals surface area contributed by atoms with E-state index in [4.69, 9.17) is 21.1 Å². The summed E-state index contributed by atoms with van der Waals surface area (Å²) in [5, 5.41) is 4.25. The molecule has 1 atom stereocenters. The fourth-order valence-corrected chi connectivity index (χ4v) is 4.12. The second-order valence-corrected chi connectivity index (χ2v) is 8.39. The average molecular weight is 462 g/mol. The molecule has 0 aliphatic rings. The summed E-state index contributed by atoms with van der Waals surface area (Å²) in [6.45, 7) is 4.12. The number of aromatic nitrogens is 2. The van der Waals surface area contributed by atoms with E-state index in [2.05, 4.69) is 10.3 Å². The van der Waals surface area contributed by atoms with Crippen LogP contribution in [-0.4, -0.2) is 48.1 Å². The molecule has 0 fully saturated rings. The largest absolute Gasteiger partial charge is 0.495 e. The lowest BCUT2D eigenvalue weighted by Gasteiger charge is -2.17. The van der Waals surface area contributed by atoms with Crippen molar-refractivity contribution in [3.8, 4) is 11.4 Å². The van der Waals surface area contributed by atoms with Gasteiger partial charge in [-0.1, -0.05) is 35.5 Å². The third-order valence-electron chi connectivity index (χ3n) is 4.60. The molecule has 31 heavy (non-hydrogen) atoms. The summed E-state index contributed by atoms with van der Waals surface area (Å²) < 4.78 is 12.0. The van der Waals surface area contributed by atoms with Crippen LogP contribution in [0.15, 0.2) is 46.3 Å². The van der Waals surface area contributed by atoms with Gasteiger partial charge < -0.3 is 14.8 Å². The normalized spacial score (nSPS) is 12.0. The number of rotatable bonds is 8. The van der Waals surface area contributed by atoms with Gasteiger partial charge in [0.2, 0.25) is 5.91 Å². The number of nitrogens with one attached hydrogen (secondary N) is 1. The van der Waals surface area contributed by atoms with E-state index in [0.29, 0.717) is 39.1 Å². The molecule has 3 aromatic rings. The summed E-state index contributed by atoms with van der Waals surface area (Å²) in [6.07, 6.45) is 0. The molecule has 0 bridgehead atoms. The first-order valence-corrected chi connectivity index (χ1v) is 11.0. The van der Waals surface area contributed by atoms with Crippen LogP contribution < -0.4 is 15.6 Å². The minimum Gasteiger partial charge on any atom is -0.495 e. The van der Waals surface area contributed by atoms with Crippen LogP contribution in [0.25, 0.3) is 16.6 Å². The van der Waals surface area contributed by atoms with Gasteiger partial charge in [-0.3, -0.25) is 14.2 Å². The predicted octanol–water partition coefficient (Wildman–Crippen LogP) is 3.60. The van der Waals surface area contributed by atoms with Gasteiger partial charge in [-0.05, 0) is 37.6 Å². The van der Waals surface area contributed by atoms with E-state index in [0.717, 1.165) is 5.56 Å². The van der Waals surface area contributed by atoms with Crippen LogP contribution in [0.1, 0.15) is 12.5 Å². The Morgan fingerprint density at radius 2 is 2.03 bits per heavy atom. The Balaban J connectivity index is 2.08. The maximum absolute atomic E-state index is 13.4. The number of methoxy groups -OCH3 is 2. The molecule has 164 valence electrons. The van der Waals surface area contributed by atoms with Crippen molar-refractivity contribution < 1.29 is 14.3 Å². The lowest BCUT2D eigenvalue weighted by Crippen LogP contribution is -2.36. The molecule has 2 aromatic carbocycles. The summed E-state index contributed by atoms with van der Waals surface area (Å²) in [4.78, 5) is 30.5. The number of benzene rings is 2. The molecular weight excluding hydrogens is 438 g/mol. The SMILES string of the molecule is COCC(C)NC(=O)CSc1nc2ccccc2c(=O)n1-c1cc(C)c(Cl)cc1OC. The van der Waals surface area contributed by atoms with Gasteiger partial charge in [0.1, 0.15) is 5.75 Å². The van der Waals surface area contributed by atoms with Gasteiger partial charge in [-0.25, -0.2) is 4.98 Å². The summed E-state index contributed by atoms with van der Waals surface area (Å²) >= 11 is 7.43. The van der Waals surface area contributed by atoms with Crippen molar-refractivity contribution in [3.63, 3.8) is 0 Å². The topological polar surface area (TPSA) is 82.5 Å². The zero-order chi connectivity index (χ0) is 22.5. The Kier molecular flexibility index (Phi) is 7.59.